The molecule has 2 fully saturated rings. The van der Waals surface area contributed by atoms with Crippen LogP contribution >= 0.6 is 0 Å². The topological polar surface area (TPSA) is 54.5 Å². The van der Waals surface area contributed by atoms with Gasteiger partial charge >= 0.3 is 0 Å². The summed E-state index contributed by atoms with van der Waals surface area (Å²) >= 11 is 0. The van der Waals surface area contributed by atoms with Crippen molar-refractivity contribution in [2.75, 3.05) is 0 Å². The first-order valence-corrected chi connectivity index (χ1v) is 11.9. The lowest BCUT2D eigenvalue weighted by molar-refractivity contribution is -0.167. The van der Waals surface area contributed by atoms with Crippen molar-refractivity contribution in [3.8, 4) is 0 Å². The number of carbonyl (C=O) groups is 1. The molecule has 4 rings (SSSR count). The van der Waals surface area contributed by atoms with Crippen molar-refractivity contribution in [2.24, 2.45) is 11.3 Å². The predicted molar refractivity (Wildman–Crippen MR) is 114 cm³/mol. The third kappa shape index (κ3) is 3.10. The molecule has 0 bridgehead atoms. The van der Waals surface area contributed by atoms with Gasteiger partial charge < -0.3 is 0 Å². The molecule has 0 aromatic heterocycles. The van der Waals surface area contributed by atoms with Gasteiger partial charge in [0.05, 0.1) is 16.4 Å². The Kier molecular flexibility index (Phi) is 5.06. The minimum Gasteiger partial charge on any atom is -0.273 e. The molecule has 1 aliphatic carbocycles. The number of amides is 1. The summed E-state index contributed by atoms with van der Waals surface area (Å²) in [5, 5.41) is 0. The second-order valence-electron chi connectivity index (χ2n) is 8.80. The zero-order chi connectivity index (χ0) is 20.8. The summed E-state index contributed by atoms with van der Waals surface area (Å²) in [7, 11) is -3.91. The summed E-state index contributed by atoms with van der Waals surface area (Å²) < 4.78 is 28.2. The molecule has 0 spiro atoms. The number of sulfonamides is 1. The highest BCUT2D eigenvalue weighted by atomic mass is 32.2. The van der Waals surface area contributed by atoms with E-state index in [1.807, 2.05) is 45.0 Å². The zero-order valence-corrected chi connectivity index (χ0v) is 18.2. The first kappa shape index (κ1) is 20.1. The second kappa shape index (κ2) is 7.28. The van der Waals surface area contributed by atoms with E-state index in [0.29, 0.717) is 0 Å². The molecule has 1 heterocycles. The van der Waals surface area contributed by atoms with Gasteiger partial charge in [0.2, 0.25) is 5.91 Å². The maximum atomic E-state index is 13.5. The number of carbonyl (C=O) groups excluding carboxylic acids is 1. The summed E-state index contributed by atoms with van der Waals surface area (Å²) in [6.07, 6.45) is 5.39. The summed E-state index contributed by atoms with van der Waals surface area (Å²) in [6, 6.07) is 14.2. The van der Waals surface area contributed by atoms with E-state index in [2.05, 4.69) is 0 Å². The Balaban J connectivity index is 1.82. The lowest BCUT2D eigenvalue weighted by Crippen LogP contribution is -2.66. The van der Waals surface area contributed by atoms with Crippen LogP contribution in [0, 0.1) is 25.2 Å². The average Bonchev–Trinajstić information content (AvgIpc) is 2.72. The van der Waals surface area contributed by atoms with E-state index >= 15 is 0 Å². The molecule has 1 saturated heterocycles. The van der Waals surface area contributed by atoms with E-state index in [1.54, 1.807) is 24.3 Å². The molecule has 4 nitrogen and oxygen atoms in total. The minimum absolute atomic E-state index is 0.181. The number of hydrogen-bond donors (Lipinski definition) is 0. The third-order valence-corrected chi connectivity index (χ3v) is 8.74. The minimum atomic E-state index is -3.91. The molecule has 1 saturated carbocycles. The van der Waals surface area contributed by atoms with Gasteiger partial charge in [-0.15, -0.1) is 0 Å². The summed E-state index contributed by atoms with van der Waals surface area (Å²) in [5.74, 6) is -0.0314. The van der Waals surface area contributed by atoms with Crippen LogP contribution in [-0.2, 0) is 14.8 Å². The molecule has 0 radical (unpaired) electrons. The van der Waals surface area contributed by atoms with Crippen LogP contribution in [-0.4, -0.2) is 18.6 Å². The van der Waals surface area contributed by atoms with Crippen molar-refractivity contribution in [1.82, 2.24) is 4.31 Å². The Morgan fingerprint density at radius 2 is 1.55 bits per heavy atom. The maximum Gasteiger partial charge on any atom is 0.267 e. The lowest BCUT2D eigenvalue weighted by Gasteiger charge is -2.57. The predicted octanol–water partition coefficient (Wildman–Crippen LogP) is 5.16. The maximum absolute atomic E-state index is 13.5. The third-order valence-electron chi connectivity index (χ3n) is 6.98. The number of rotatable bonds is 4. The standard InChI is InChI=1S/C24H29NO3S/c1-17-13-15-20(16-14-17)29(27,28)25-22(21-12-8-7-9-18(21)2)24(3,23(25)26)19-10-5-4-6-11-19/h7-9,12-16,19,22H,4-6,10-11H2,1-3H3/t22-,24-/m1/s1. The molecule has 5 heteroatoms. The number of β-lactam (4-membered cyclic amide) rings is 1. The molecular formula is C24H29NO3S. The Morgan fingerprint density at radius 1 is 0.931 bits per heavy atom. The quantitative estimate of drug-likeness (QED) is 0.653. The number of benzene rings is 2. The Hall–Kier alpha value is -2.14. The van der Waals surface area contributed by atoms with Crippen molar-refractivity contribution in [1.29, 1.82) is 0 Å². The van der Waals surface area contributed by atoms with E-state index in [0.717, 1.165) is 46.7 Å². The highest BCUT2D eigenvalue weighted by Gasteiger charge is 2.65. The molecule has 0 unspecified atom stereocenters. The highest BCUT2D eigenvalue weighted by molar-refractivity contribution is 7.89. The molecule has 1 aliphatic heterocycles. The SMILES string of the molecule is Cc1ccc(S(=O)(=O)N2C(=O)[C@](C)(C3CCCCC3)[C@H]2c2ccccc2C)cc1. The van der Waals surface area contributed by atoms with Crippen LogP contribution in [0.4, 0.5) is 0 Å². The average molecular weight is 412 g/mol. The molecule has 2 aromatic carbocycles. The largest absolute Gasteiger partial charge is 0.273 e. The molecule has 154 valence electrons. The number of nitrogens with zero attached hydrogens (tertiary/aromatic N) is 1. The zero-order valence-electron chi connectivity index (χ0n) is 17.4. The molecule has 0 N–H and O–H groups in total. The number of hydrogen-bond acceptors (Lipinski definition) is 3. The molecule has 1 amide bonds. The van der Waals surface area contributed by atoms with E-state index in [1.165, 1.54) is 6.42 Å². The first-order valence-electron chi connectivity index (χ1n) is 10.5. The molecule has 29 heavy (non-hydrogen) atoms. The van der Waals surface area contributed by atoms with Crippen molar-refractivity contribution in [3.05, 3.63) is 65.2 Å². The van der Waals surface area contributed by atoms with Crippen LogP contribution < -0.4 is 0 Å². The van der Waals surface area contributed by atoms with Gasteiger partial charge in [0.1, 0.15) is 0 Å². The van der Waals surface area contributed by atoms with Gasteiger partial charge in [0, 0.05) is 0 Å². The molecule has 2 atom stereocenters. The van der Waals surface area contributed by atoms with Crippen LogP contribution in [0.2, 0.25) is 0 Å². The Morgan fingerprint density at radius 3 is 2.17 bits per heavy atom. The van der Waals surface area contributed by atoms with Crippen LogP contribution in [0.15, 0.2) is 53.4 Å². The van der Waals surface area contributed by atoms with E-state index in [-0.39, 0.29) is 16.7 Å². The fourth-order valence-corrected chi connectivity index (χ4v) is 6.90. The normalized spacial score (nSPS) is 25.7. The van der Waals surface area contributed by atoms with E-state index in [9.17, 15) is 13.2 Å². The van der Waals surface area contributed by atoms with E-state index in [4.69, 9.17) is 0 Å². The second-order valence-corrected chi connectivity index (χ2v) is 10.6. The molecule has 2 aliphatic rings. The molecular weight excluding hydrogens is 382 g/mol. The van der Waals surface area contributed by atoms with Gasteiger partial charge in [-0.1, -0.05) is 61.2 Å². The Bertz CT molecular complexity index is 1020. The number of aryl methyl sites for hydroxylation is 2. The highest BCUT2D eigenvalue weighted by Crippen LogP contribution is 2.59. The van der Waals surface area contributed by atoms with Gasteiger partial charge in [0.15, 0.2) is 0 Å². The van der Waals surface area contributed by atoms with Crippen molar-refractivity contribution in [2.45, 2.75) is 63.8 Å². The van der Waals surface area contributed by atoms with Gasteiger partial charge in [-0.25, -0.2) is 12.7 Å². The van der Waals surface area contributed by atoms with Crippen molar-refractivity contribution in [3.63, 3.8) is 0 Å². The van der Waals surface area contributed by atoms with Gasteiger partial charge in [-0.3, -0.25) is 4.79 Å². The van der Waals surface area contributed by atoms with Crippen LogP contribution in [0.5, 0.6) is 0 Å². The Labute approximate surface area is 174 Å². The van der Waals surface area contributed by atoms with Crippen molar-refractivity contribution >= 4 is 15.9 Å². The summed E-state index contributed by atoms with van der Waals surface area (Å²) in [5.41, 5.74) is 2.28. The summed E-state index contributed by atoms with van der Waals surface area (Å²) in [4.78, 5) is 13.7. The fourth-order valence-electron chi connectivity index (χ4n) is 5.16. The smallest absolute Gasteiger partial charge is 0.267 e. The van der Waals surface area contributed by atoms with Gasteiger partial charge in [-0.05, 0) is 62.8 Å². The van der Waals surface area contributed by atoms with Crippen LogP contribution in [0.1, 0.15) is 61.8 Å². The van der Waals surface area contributed by atoms with Crippen LogP contribution in [0.25, 0.3) is 0 Å². The van der Waals surface area contributed by atoms with Crippen LogP contribution in [0.3, 0.4) is 0 Å². The lowest BCUT2D eigenvalue weighted by atomic mass is 9.59. The van der Waals surface area contributed by atoms with Crippen molar-refractivity contribution < 1.29 is 13.2 Å². The summed E-state index contributed by atoms with van der Waals surface area (Å²) in [6.45, 7) is 5.90. The van der Waals surface area contributed by atoms with Gasteiger partial charge in [-0.2, -0.15) is 0 Å². The monoisotopic (exact) mass is 411 g/mol. The molecule has 2 aromatic rings. The first-order chi connectivity index (χ1) is 13.8. The fraction of sp³-hybridized carbons (Fsp3) is 0.458. The van der Waals surface area contributed by atoms with E-state index < -0.39 is 21.5 Å². The van der Waals surface area contributed by atoms with Gasteiger partial charge in [0.25, 0.3) is 10.0 Å².